The number of aromatic nitrogens is 2. The number of nitrogens with one attached hydrogen (secondary N) is 3. The van der Waals surface area contributed by atoms with Crippen molar-refractivity contribution in [2.75, 3.05) is 20.1 Å². The van der Waals surface area contributed by atoms with Crippen LogP contribution in [0.3, 0.4) is 0 Å². The zero-order valence-electron chi connectivity index (χ0n) is 17.7. The fourth-order valence-corrected chi connectivity index (χ4v) is 4.05. The van der Waals surface area contributed by atoms with Crippen LogP contribution in [0.25, 0.3) is 0 Å². The first-order chi connectivity index (χ1) is 15.0. The van der Waals surface area contributed by atoms with Crippen LogP contribution in [-0.2, 0) is 23.1 Å². The van der Waals surface area contributed by atoms with Crippen molar-refractivity contribution in [3.8, 4) is 0 Å². The van der Waals surface area contributed by atoms with Gasteiger partial charge in [0.2, 0.25) is 10.0 Å². The van der Waals surface area contributed by atoms with Crippen molar-refractivity contribution in [2.45, 2.75) is 24.9 Å². The summed E-state index contributed by atoms with van der Waals surface area (Å²) in [6, 6.07) is 16.8. The highest BCUT2D eigenvalue weighted by Crippen LogP contribution is 2.11. The number of benzene rings is 2. The maximum atomic E-state index is 12.3. The molecular formula is C22H28N6O2S. The molecule has 1 aromatic heterocycles. The fraction of sp³-hybridized carbons (Fsp3) is 0.273. The van der Waals surface area contributed by atoms with Crippen LogP contribution in [0.2, 0.25) is 0 Å². The van der Waals surface area contributed by atoms with Crippen molar-refractivity contribution >= 4 is 16.0 Å². The number of hydrogen-bond acceptors (Lipinski definition) is 4. The average molecular weight is 441 g/mol. The third-order valence-electron chi connectivity index (χ3n) is 4.72. The molecule has 0 fully saturated rings. The van der Waals surface area contributed by atoms with Crippen LogP contribution in [0.15, 0.2) is 76.9 Å². The predicted octanol–water partition coefficient (Wildman–Crippen LogP) is 1.88. The lowest BCUT2D eigenvalue weighted by atomic mass is 10.1. The minimum Gasteiger partial charge on any atom is -0.355 e. The van der Waals surface area contributed by atoms with E-state index in [1.165, 1.54) is 5.56 Å². The van der Waals surface area contributed by atoms with Crippen molar-refractivity contribution < 1.29 is 8.42 Å². The zero-order chi connectivity index (χ0) is 22.1. The Balaban J connectivity index is 1.48. The highest BCUT2D eigenvalue weighted by Gasteiger charge is 2.12. The molecular weight excluding hydrogens is 412 g/mol. The van der Waals surface area contributed by atoms with Gasteiger partial charge in [0.1, 0.15) is 0 Å². The van der Waals surface area contributed by atoms with Gasteiger partial charge in [0.15, 0.2) is 5.96 Å². The van der Waals surface area contributed by atoms with Gasteiger partial charge in [-0.1, -0.05) is 42.0 Å². The highest BCUT2D eigenvalue weighted by molar-refractivity contribution is 7.89. The van der Waals surface area contributed by atoms with E-state index in [0.717, 1.165) is 11.1 Å². The Morgan fingerprint density at radius 3 is 2.42 bits per heavy atom. The molecule has 0 radical (unpaired) electrons. The van der Waals surface area contributed by atoms with Crippen LogP contribution in [0.4, 0.5) is 0 Å². The molecule has 3 rings (SSSR count). The van der Waals surface area contributed by atoms with Gasteiger partial charge < -0.3 is 10.6 Å². The van der Waals surface area contributed by atoms with Crippen molar-refractivity contribution in [3.05, 3.63) is 83.7 Å². The molecule has 2 aromatic carbocycles. The molecule has 164 valence electrons. The summed E-state index contributed by atoms with van der Waals surface area (Å²) in [6.07, 6.45) is 3.70. The van der Waals surface area contributed by atoms with Gasteiger partial charge in [-0.25, -0.2) is 13.1 Å². The van der Waals surface area contributed by atoms with Crippen LogP contribution in [0.1, 0.15) is 16.7 Å². The van der Waals surface area contributed by atoms with E-state index in [-0.39, 0.29) is 11.4 Å². The van der Waals surface area contributed by atoms with E-state index >= 15 is 0 Å². The summed E-state index contributed by atoms with van der Waals surface area (Å²) in [7, 11) is -1.84. The van der Waals surface area contributed by atoms with Gasteiger partial charge >= 0.3 is 0 Å². The quantitative estimate of drug-likeness (QED) is 0.268. The lowest BCUT2D eigenvalue weighted by Crippen LogP contribution is -2.41. The molecule has 8 nitrogen and oxygen atoms in total. The summed E-state index contributed by atoms with van der Waals surface area (Å²) in [5.74, 6) is 0.600. The molecule has 0 atom stereocenters. The SMILES string of the molecule is CN=C(NCCNS(=O)(=O)c1ccc(C)cc1)NCc1ccccc1Cn1cccn1. The molecule has 0 bridgehead atoms. The van der Waals surface area contributed by atoms with E-state index in [0.29, 0.717) is 25.6 Å². The van der Waals surface area contributed by atoms with E-state index in [9.17, 15) is 8.42 Å². The first-order valence-electron chi connectivity index (χ1n) is 10.0. The molecule has 0 saturated heterocycles. The maximum absolute atomic E-state index is 12.3. The number of aliphatic imine (C=N–C) groups is 1. The van der Waals surface area contributed by atoms with Crippen LogP contribution in [-0.4, -0.2) is 44.3 Å². The average Bonchev–Trinajstić information content (AvgIpc) is 3.27. The van der Waals surface area contributed by atoms with Gasteiger partial charge in [0.05, 0.1) is 11.4 Å². The first kappa shape index (κ1) is 22.5. The van der Waals surface area contributed by atoms with Gasteiger partial charge in [-0.15, -0.1) is 0 Å². The smallest absolute Gasteiger partial charge is 0.240 e. The summed E-state index contributed by atoms with van der Waals surface area (Å²) >= 11 is 0. The van der Waals surface area contributed by atoms with Crippen molar-refractivity contribution in [1.82, 2.24) is 25.1 Å². The maximum Gasteiger partial charge on any atom is 0.240 e. The molecule has 3 N–H and O–H groups in total. The predicted molar refractivity (Wildman–Crippen MR) is 122 cm³/mol. The van der Waals surface area contributed by atoms with Gasteiger partial charge in [0, 0.05) is 39.1 Å². The second-order valence-corrected chi connectivity index (χ2v) is 8.80. The number of rotatable bonds is 9. The molecule has 31 heavy (non-hydrogen) atoms. The zero-order valence-corrected chi connectivity index (χ0v) is 18.6. The van der Waals surface area contributed by atoms with E-state index in [1.807, 2.05) is 36.0 Å². The molecule has 9 heteroatoms. The van der Waals surface area contributed by atoms with Crippen molar-refractivity contribution in [2.24, 2.45) is 4.99 Å². The molecule has 0 aliphatic carbocycles. The topological polar surface area (TPSA) is 100 Å². The molecule has 0 amide bonds. The van der Waals surface area contributed by atoms with E-state index < -0.39 is 10.0 Å². The van der Waals surface area contributed by atoms with Crippen LogP contribution in [0, 0.1) is 6.92 Å². The summed E-state index contributed by atoms with van der Waals surface area (Å²) < 4.78 is 29.2. The molecule has 0 aliphatic rings. The van der Waals surface area contributed by atoms with Gasteiger partial charge in [-0.05, 0) is 36.2 Å². The largest absolute Gasteiger partial charge is 0.355 e. The third kappa shape index (κ3) is 6.66. The lowest BCUT2D eigenvalue weighted by molar-refractivity contribution is 0.580. The van der Waals surface area contributed by atoms with Gasteiger partial charge in [-0.2, -0.15) is 5.10 Å². The monoisotopic (exact) mass is 440 g/mol. The number of nitrogens with zero attached hydrogens (tertiary/aromatic N) is 3. The lowest BCUT2D eigenvalue weighted by Gasteiger charge is -2.15. The number of guanidine groups is 1. The molecule has 3 aromatic rings. The molecule has 0 spiro atoms. The minimum atomic E-state index is -3.53. The minimum absolute atomic E-state index is 0.243. The Morgan fingerprint density at radius 1 is 1.00 bits per heavy atom. The van der Waals surface area contributed by atoms with Crippen LogP contribution in [0.5, 0.6) is 0 Å². The van der Waals surface area contributed by atoms with Crippen LogP contribution >= 0.6 is 0 Å². The van der Waals surface area contributed by atoms with Gasteiger partial charge in [0.25, 0.3) is 0 Å². The molecule has 0 aliphatic heterocycles. The highest BCUT2D eigenvalue weighted by atomic mass is 32.2. The number of hydrogen-bond donors (Lipinski definition) is 3. The summed E-state index contributed by atoms with van der Waals surface area (Å²) in [5.41, 5.74) is 3.32. The standard InChI is InChI=1S/C22H28N6O2S/c1-18-8-10-21(11-9-18)31(29,30)27-14-13-24-22(23-2)25-16-19-6-3-4-7-20(19)17-28-15-5-12-26-28/h3-12,15,27H,13-14,16-17H2,1-2H3,(H2,23,24,25). The molecule has 0 saturated carbocycles. The second-order valence-electron chi connectivity index (χ2n) is 7.04. The fourth-order valence-electron chi connectivity index (χ4n) is 3.02. The third-order valence-corrected chi connectivity index (χ3v) is 6.20. The van der Waals surface area contributed by atoms with Crippen molar-refractivity contribution in [1.29, 1.82) is 0 Å². The Labute approximate surface area is 183 Å². The van der Waals surface area contributed by atoms with Gasteiger partial charge in [-0.3, -0.25) is 9.67 Å². The second kappa shape index (κ2) is 10.7. The van der Waals surface area contributed by atoms with Crippen LogP contribution < -0.4 is 15.4 Å². The first-order valence-corrected chi connectivity index (χ1v) is 11.5. The van der Waals surface area contributed by atoms with E-state index in [2.05, 4.69) is 37.6 Å². The summed E-state index contributed by atoms with van der Waals surface area (Å²) in [6.45, 7) is 3.85. The molecule has 1 heterocycles. The molecule has 0 unspecified atom stereocenters. The number of aryl methyl sites for hydroxylation is 1. The Morgan fingerprint density at radius 2 is 1.74 bits per heavy atom. The summed E-state index contributed by atoms with van der Waals surface area (Å²) in [4.78, 5) is 4.47. The van der Waals surface area contributed by atoms with Crippen molar-refractivity contribution in [3.63, 3.8) is 0 Å². The Bertz CT molecular complexity index is 1090. The number of sulfonamides is 1. The Hall–Kier alpha value is -3.17. The normalized spacial score (nSPS) is 12.0. The van der Waals surface area contributed by atoms with E-state index in [4.69, 9.17) is 0 Å². The summed E-state index contributed by atoms with van der Waals surface area (Å²) in [5, 5.41) is 10.7. The Kier molecular flexibility index (Phi) is 7.80. The van der Waals surface area contributed by atoms with E-state index in [1.54, 1.807) is 37.5 Å².